The Bertz CT molecular complexity index is 1440. The van der Waals surface area contributed by atoms with Crippen LogP contribution in [0.2, 0.25) is 5.02 Å². The van der Waals surface area contributed by atoms with Crippen LogP contribution in [0.3, 0.4) is 0 Å². The number of hydrogen-bond acceptors (Lipinski definition) is 4. The number of nitrogens with one attached hydrogen (secondary N) is 1. The molecule has 0 aliphatic heterocycles. The van der Waals surface area contributed by atoms with Crippen molar-refractivity contribution in [3.63, 3.8) is 0 Å². The molecule has 0 aliphatic rings. The number of anilines is 2. The molecule has 0 saturated carbocycles. The Kier molecular flexibility index (Phi) is 6.20. The maximum absolute atomic E-state index is 13.0. The Morgan fingerprint density at radius 2 is 1.45 bits per heavy atom. The standard InChI is InChI=1S/C25H20ClN3O3S/c26-20-8-11-23(24(27)15-20)18-12-17(16-6-9-22(10-7-16)33(28,31)32)13-19(14-18)25(30)29-21-4-2-1-3-5-21/h1-15H,27H2,(H,29,30)(H2,28,31,32). The first-order valence-corrected chi connectivity index (χ1v) is 11.8. The van der Waals surface area contributed by atoms with Crippen molar-refractivity contribution < 1.29 is 13.2 Å². The van der Waals surface area contributed by atoms with Gasteiger partial charge < -0.3 is 11.1 Å². The van der Waals surface area contributed by atoms with Gasteiger partial charge in [0.25, 0.3) is 5.91 Å². The van der Waals surface area contributed by atoms with Crippen LogP contribution in [0.4, 0.5) is 11.4 Å². The zero-order valence-corrected chi connectivity index (χ0v) is 18.9. The number of carbonyl (C=O) groups excluding carboxylic acids is 1. The van der Waals surface area contributed by atoms with Gasteiger partial charge in [-0.25, -0.2) is 13.6 Å². The van der Waals surface area contributed by atoms with Gasteiger partial charge in [0.15, 0.2) is 0 Å². The monoisotopic (exact) mass is 477 g/mol. The summed E-state index contributed by atoms with van der Waals surface area (Å²) in [5.41, 5.74) is 10.6. The lowest BCUT2D eigenvalue weighted by molar-refractivity contribution is 0.102. The van der Waals surface area contributed by atoms with E-state index in [2.05, 4.69) is 5.32 Å². The Morgan fingerprint density at radius 1 is 0.788 bits per heavy atom. The highest BCUT2D eigenvalue weighted by Gasteiger charge is 2.14. The second-order valence-corrected chi connectivity index (χ2v) is 9.42. The van der Waals surface area contributed by atoms with Gasteiger partial charge >= 0.3 is 0 Å². The second kappa shape index (κ2) is 9.07. The van der Waals surface area contributed by atoms with E-state index >= 15 is 0 Å². The lowest BCUT2D eigenvalue weighted by Crippen LogP contribution is -2.12. The predicted octanol–water partition coefficient (Wildman–Crippen LogP) is 5.16. The maximum Gasteiger partial charge on any atom is 0.255 e. The van der Waals surface area contributed by atoms with Gasteiger partial charge in [-0.15, -0.1) is 0 Å². The quantitative estimate of drug-likeness (QED) is 0.344. The van der Waals surface area contributed by atoms with Crippen molar-refractivity contribution in [2.75, 3.05) is 11.1 Å². The van der Waals surface area contributed by atoms with Crippen molar-refractivity contribution in [3.8, 4) is 22.3 Å². The minimum absolute atomic E-state index is 0.00592. The van der Waals surface area contributed by atoms with Crippen molar-refractivity contribution in [2.24, 2.45) is 5.14 Å². The topological polar surface area (TPSA) is 115 Å². The largest absolute Gasteiger partial charge is 0.398 e. The maximum atomic E-state index is 13.0. The smallest absolute Gasteiger partial charge is 0.255 e. The number of benzene rings is 4. The third-order valence-electron chi connectivity index (χ3n) is 5.07. The number of rotatable bonds is 5. The van der Waals surface area contributed by atoms with E-state index in [4.69, 9.17) is 22.5 Å². The lowest BCUT2D eigenvalue weighted by atomic mass is 9.95. The molecular weight excluding hydrogens is 458 g/mol. The van der Waals surface area contributed by atoms with E-state index in [-0.39, 0.29) is 10.8 Å². The molecule has 6 nitrogen and oxygen atoms in total. The third kappa shape index (κ3) is 5.23. The molecule has 33 heavy (non-hydrogen) atoms. The average molecular weight is 478 g/mol. The van der Waals surface area contributed by atoms with Gasteiger partial charge in [-0.2, -0.15) is 0 Å². The summed E-state index contributed by atoms with van der Waals surface area (Å²) in [6, 6.07) is 25.8. The molecule has 4 aromatic rings. The molecule has 166 valence electrons. The van der Waals surface area contributed by atoms with Gasteiger partial charge in [-0.3, -0.25) is 4.79 Å². The van der Waals surface area contributed by atoms with Crippen LogP contribution in [0, 0.1) is 0 Å². The number of halogens is 1. The zero-order chi connectivity index (χ0) is 23.6. The van der Waals surface area contributed by atoms with E-state index < -0.39 is 10.0 Å². The zero-order valence-electron chi connectivity index (χ0n) is 17.3. The lowest BCUT2D eigenvalue weighted by Gasteiger charge is -2.13. The SMILES string of the molecule is Nc1cc(Cl)ccc1-c1cc(C(=O)Nc2ccccc2)cc(-c2ccc(S(N)(=O)=O)cc2)c1. The fourth-order valence-corrected chi connectivity index (χ4v) is 4.14. The van der Waals surface area contributed by atoms with E-state index in [1.165, 1.54) is 12.1 Å². The average Bonchev–Trinajstić information content (AvgIpc) is 2.79. The van der Waals surface area contributed by atoms with Gasteiger partial charge in [0.05, 0.1) is 4.90 Å². The van der Waals surface area contributed by atoms with Crippen LogP contribution in [-0.2, 0) is 10.0 Å². The van der Waals surface area contributed by atoms with Crippen molar-refractivity contribution >= 4 is 38.9 Å². The van der Waals surface area contributed by atoms with Gasteiger partial charge in [0, 0.05) is 27.5 Å². The molecule has 0 heterocycles. The van der Waals surface area contributed by atoms with E-state index in [1.54, 1.807) is 54.6 Å². The molecule has 0 radical (unpaired) electrons. The molecule has 0 spiro atoms. The van der Waals surface area contributed by atoms with Crippen LogP contribution in [0.25, 0.3) is 22.3 Å². The summed E-state index contributed by atoms with van der Waals surface area (Å²) < 4.78 is 23.2. The fourth-order valence-electron chi connectivity index (χ4n) is 3.44. The summed E-state index contributed by atoms with van der Waals surface area (Å²) in [6.07, 6.45) is 0. The first-order chi connectivity index (χ1) is 15.7. The second-order valence-electron chi connectivity index (χ2n) is 7.42. The number of para-hydroxylation sites is 1. The molecule has 0 saturated heterocycles. The van der Waals surface area contributed by atoms with E-state index in [1.807, 2.05) is 24.3 Å². The molecule has 5 N–H and O–H groups in total. The molecule has 0 bridgehead atoms. The van der Waals surface area contributed by atoms with Crippen LogP contribution in [0.1, 0.15) is 10.4 Å². The van der Waals surface area contributed by atoms with Gasteiger partial charge in [0.1, 0.15) is 0 Å². The van der Waals surface area contributed by atoms with Gasteiger partial charge in [0.2, 0.25) is 10.0 Å². The molecular formula is C25H20ClN3O3S. The van der Waals surface area contributed by atoms with Crippen molar-refractivity contribution in [1.82, 2.24) is 0 Å². The van der Waals surface area contributed by atoms with Crippen LogP contribution < -0.4 is 16.2 Å². The molecule has 8 heteroatoms. The molecule has 4 rings (SSSR count). The Hall–Kier alpha value is -3.65. The molecule has 0 fully saturated rings. The Labute approximate surface area is 196 Å². The predicted molar refractivity (Wildman–Crippen MR) is 133 cm³/mol. The molecule has 0 aliphatic carbocycles. The molecule has 0 atom stereocenters. The molecule has 1 amide bonds. The number of carbonyl (C=O) groups is 1. The number of nitrogen functional groups attached to an aromatic ring is 1. The number of sulfonamides is 1. The third-order valence-corrected chi connectivity index (χ3v) is 6.23. The summed E-state index contributed by atoms with van der Waals surface area (Å²) >= 11 is 6.05. The summed E-state index contributed by atoms with van der Waals surface area (Å²) in [7, 11) is -3.81. The van der Waals surface area contributed by atoms with Crippen LogP contribution in [0.15, 0.2) is 95.9 Å². The minimum Gasteiger partial charge on any atom is -0.398 e. The molecule has 4 aromatic carbocycles. The van der Waals surface area contributed by atoms with Crippen LogP contribution >= 0.6 is 11.6 Å². The summed E-state index contributed by atoms with van der Waals surface area (Å²) in [5.74, 6) is -0.294. The minimum atomic E-state index is -3.81. The first-order valence-electron chi connectivity index (χ1n) is 9.91. The fraction of sp³-hybridized carbons (Fsp3) is 0. The van der Waals surface area contributed by atoms with E-state index in [0.29, 0.717) is 33.1 Å². The number of nitrogens with two attached hydrogens (primary N) is 2. The van der Waals surface area contributed by atoms with Crippen molar-refractivity contribution in [1.29, 1.82) is 0 Å². The Balaban J connectivity index is 1.82. The molecule has 0 unspecified atom stereocenters. The normalized spacial score (nSPS) is 11.2. The molecule has 0 aromatic heterocycles. The summed E-state index contributed by atoms with van der Waals surface area (Å²) in [4.78, 5) is 13.1. The Morgan fingerprint density at radius 3 is 2.09 bits per heavy atom. The van der Waals surface area contributed by atoms with Crippen LogP contribution in [0.5, 0.6) is 0 Å². The van der Waals surface area contributed by atoms with E-state index in [9.17, 15) is 13.2 Å². The highest BCUT2D eigenvalue weighted by molar-refractivity contribution is 7.89. The summed E-state index contributed by atoms with van der Waals surface area (Å²) in [6.45, 7) is 0. The highest BCUT2D eigenvalue weighted by Crippen LogP contribution is 2.33. The van der Waals surface area contributed by atoms with Gasteiger partial charge in [-0.05, 0) is 71.3 Å². The number of amides is 1. The number of primary sulfonamides is 1. The van der Waals surface area contributed by atoms with E-state index in [0.717, 1.165) is 11.1 Å². The van der Waals surface area contributed by atoms with Gasteiger partial charge in [-0.1, -0.05) is 48.0 Å². The summed E-state index contributed by atoms with van der Waals surface area (Å²) in [5, 5.41) is 8.59. The van der Waals surface area contributed by atoms with Crippen molar-refractivity contribution in [2.45, 2.75) is 4.90 Å². The number of hydrogen-bond donors (Lipinski definition) is 3. The highest BCUT2D eigenvalue weighted by atomic mass is 35.5. The van der Waals surface area contributed by atoms with Crippen LogP contribution in [-0.4, -0.2) is 14.3 Å². The first kappa shape index (κ1) is 22.5. The van der Waals surface area contributed by atoms with Crippen molar-refractivity contribution in [3.05, 3.63) is 102 Å².